The molecule has 2 aromatic carbocycles. The molecular weight excluding hydrogens is 371 g/mol. The van der Waals surface area contributed by atoms with Crippen LogP contribution < -0.4 is 4.74 Å². The average molecular weight is 396 g/mol. The maximum Gasteiger partial charge on any atom is 0.304 e. The largest absolute Gasteiger partial charge is 0.489 e. The highest BCUT2D eigenvalue weighted by atomic mass is 19.1. The monoisotopic (exact) mass is 396 g/mol. The Labute approximate surface area is 169 Å². The first-order valence-corrected chi connectivity index (χ1v) is 9.63. The second-order valence-corrected chi connectivity index (χ2v) is 7.23. The molecule has 3 rings (SSSR count). The molecule has 0 saturated heterocycles. The van der Waals surface area contributed by atoms with Gasteiger partial charge >= 0.3 is 5.97 Å². The van der Waals surface area contributed by atoms with Crippen molar-refractivity contribution in [2.75, 3.05) is 0 Å². The lowest BCUT2D eigenvalue weighted by atomic mass is 9.95. The SMILES string of the molecule is CC=C[C@H](CC(=O)O)c1ccc(OCc2cccc3c2c(F)nn3C(C)C)cc1. The Balaban J connectivity index is 1.78. The summed E-state index contributed by atoms with van der Waals surface area (Å²) in [6.07, 6.45) is 3.76. The van der Waals surface area contributed by atoms with E-state index in [0.29, 0.717) is 11.1 Å². The van der Waals surface area contributed by atoms with Crippen LogP contribution in [0.25, 0.3) is 10.9 Å². The standard InChI is InChI=1S/C23H25FN2O3/c1-4-6-17(13-21(27)28)16-9-11-19(12-10-16)29-14-18-7-5-8-20-22(18)23(24)25-26(20)15(2)3/h4-12,15,17H,13-14H2,1-3H3,(H,27,28)/t17-/m1/s1. The number of aliphatic carboxylic acids is 1. The van der Waals surface area contributed by atoms with Gasteiger partial charge in [0.1, 0.15) is 12.4 Å². The number of ether oxygens (including phenoxy) is 1. The van der Waals surface area contributed by atoms with Crippen molar-refractivity contribution >= 4 is 16.9 Å². The van der Waals surface area contributed by atoms with Gasteiger partial charge in [-0.3, -0.25) is 9.48 Å². The van der Waals surface area contributed by atoms with E-state index in [0.717, 1.165) is 16.6 Å². The van der Waals surface area contributed by atoms with E-state index >= 15 is 0 Å². The molecule has 0 amide bonds. The molecule has 0 aliphatic heterocycles. The normalized spacial score (nSPS) is 12.7. The van der Waals surface area contributed by atoms with Gasteiger partial charge in [0.05, 0.1) is 17.3 Å². The van der Waals surface area contributed by atoms with Crippen molar-refractivity contribution in [1.29, 1.82) is 0 Å². The molecule has 1 N–H and O–H groups in total. The Morgan fingerprint density at radius 2 is 1.97 bits per heavy atom. The van der Waals surface area contributed by atoms with E-state index in [9.17, 15) is 9.18 Å². The van der Waals surface area contributed by atoms with Crippen LogP contribution in [0.3, 0.4) is 0 Å². The molecule has 29 heavy (non-hydrogen) atoms. The summed E-state index contributed by atoms with van der Waals surface area (Å²) >= 11 is 0. The number of rotatable bonds is 8. The molecule has 0 aliphatic carbocycles. The van der Waals surface area contributed by atoms with E-state index in [1.165, 1.54) is 0 Å². The predicted octanol–water partition coefficient (Wildman–Crippen LogP) is 5.47. The van der Waals surface area contributed by atoms with Gasteiger partial charge < -0.3 is 9.84 Å². The molecule has 0 saturated carbocycles. The molecule has 6 heteroatoms. The molecule has 152 valence electrons. The summed E-state index contributed by atoms with van der Waals surface area (Å²) < 4.78 is 22.0. The Hall–Kier alpha value is -3.15. The second-order valence-electron chi connectivity index (χ2n) is 7.23. The minimum absolute atomic E-state index is 0.0334. The Kier molecular flexibility index (Phi) is 6.32. The molecule has 0 aliphatic rings. The topological polar surface area (TPSA) is 64.3 Å². The third kappa shape index (κ3) is 4.65. The van der Waals surface area contributed by atoms with Gasteiger partial charge in [-0.15, -0.1) is 5.10 Å². The molecular formula is C23H25FN2O3. The van der Waals surface area contributed by atoms with E-state index in [2.05, 4.69) is 5.10 Å². The highest BCUT2D eigenvalue weighted by Crippen LogP contribution is 2.27. The zero-order valence-corrected chi connectivity index (χ0v) is 16.8. The van der Waals surface area contributed by atoms with E-state index in [4.69, 9.17) is 9.84 Å². The molecule has 3 aromatic rings. The number of fused-ring (bicyclic) bond motifs is 1. The van der Waals surface area contributed by atoms with Crippen LogP contribution in [-0.2, 0) is 11.4 Å². The van der Waals surface area contributed by atoms with Gasteiger partial charge in [0.15, 0.2) is 0 Å². The Bertz CT molecular complexity index is 1020. The van der Waals surface area contributed by atoms with Crippen LogP contribution in [0.5, 0.6) is 5.75 Å². The molecule has 1 atom stereocenters. The fraction of sp³-hybridized carbons (Fsp3) is 0.304. The Morgan fingerprint density at radius 1 is 1.24 bits per heavy atom. The van der Waals surface area contributed by atoms with Crippen molar-refractivity contribution in [2.45, 2.75) is 45.8 Å². The summed E-state index contributed by atoms with van der Waals surface area (Å²) in [6.45, 7) is 6.00. The second kappa shape index (κ2) is 8.90. The van der Waals surface area contributed by atoms with E-state index < -0.39 is 11.9 Å². The van der Waals surface area contributed by atoms with Crippen LogP contribution in [0.2, 0.25) is 0 Å². The summed E-state index contributed by atoms with van der Waals surface area (Å²) in [5.74, 6) is -0.884. The van der Waals surface area contributed by atoms with Crippen molar-refractivity contribution < 1.29 is 19.0 Å². The van der Waals surface area contributed by atoms with Crippen molar-refractivity contribution in [3.05, 3.63) is 71.7 Å². The summed E-state index contributed by atoms with van der Waals surface area (Å²) in [7, 11) is 0. The minimum Gasteiger partial charge on any atom is -0.489 e. The number of aromatic nitrogens is 2. The van der Waals surface area contributed by atoms with Gasteiger partial charge in [-0.1, -0.05) is 36.4 Å². The first-order valence-electron chi connectivity index (χ1n) is 9.63. The number of carboxylic acid groups (broad SMARTS) is 1. The lowest BCUT2D eigenvalue weighted by Gasteiger charge is -2.13. The van der Waals surface area contributed by atoms with Gasteiger partial charge in [0, 0.05) is 17.5 Å². The highest BCUT2D eigenvalue weighted by Gasteiger charge is 2.16. The highest BCUT2D eigenvalue weighted by molar-refractivity contribution is 5.83. The zero-order chi connectivity index (χ0) is 21.0. The number of benzene rings is 2. The van der Waals surface area contributed by atoms with Crippen LogP contribution in [0.4, 0.5) is 4.39 Å². The molecule has 1 heterocycles. The van der Waals surface area contributed by atoms with Crippen LogP contribution in [0.15, 0.2) is 54.6 Å². The molecule has 0 bridgehead atoms. The average Bonchev–Trinajstić information content (AvgIpc) is 3.04. The Morgan fingerprint density at radius 3 is 2.59 bits per heavy atom. The lowest BCUT2D eigenvalue weighted by Crippen LogP contribution is -2.04. The minimum atomic E-state index is -0.842. The molecule has 0 fully saturated rings. The fourth-order valence-electron chi connectivity index (χ4n) is 3.42. The third-order valence-corrected chi connectivity index (χ3v) is 4.79. The van der Waals surface area contributed by atoms with E-state index in [1.807, 2.05) is 75.4 Å². The van der Waals surface area contributed by atoms with Crippen LogP contribution >= 0.6 is 0 Å². The van der Waals surface area contributed by atoms with Gasteiger partial charge in [-0.2, -0.15) is 4.39 Å². The third-order valence-electron chi connectivity index (χ3n) is 4.79. The maximum atomic E-state index is 14.4. The zero-order valence-electron chi connectivity index (χ0n) is 16.8. The van der Waals surface area contributed by atoms with Gasteiger partial charge in [0.2, 0.25) is 5.95 Å². The quantitative estimate of drug-likeness (QED) is 0.513. The summed E-state index contributed by atoms with van der Waals surface area (Å²) in [6, 6.07) is 13.0. The first kappa shape index (κ1) is 20.6. The van der Waals surface area contributed by atoms with Crippen LogP contribution in [0.1, 0.15) is 50.3 Å². The summed E-state index contributed by atoms with van der Waals surface area (Å²) in [4.78, 5) is 11.1. The smallest absolute Gasteiger partial charge is 0.304 e. The van der Waals surface area contributed by atoms with E-state index in [1.54, 1.807) is 4.68 Å². The number of halogens is 1. The van der Waals surface area contributed by atoms with Crippen LogP contribution in [0, 0.1) is 5.95 Å². The number of carbonyl (C=O) groups is 1. The molecule has 1 aromatic heterocycles. The molecule has 0 spiro atoms. The van der Waals surface area contributed by atoms with Crippen LogP contribution in [-0.4, -0.2) is 20.9 Å². The molecule has 5 nitrogen and oxygen atoms in total. The van der Waals surface area contributed by atoms with E-state index in [-0.39, 0.29) is 25.0 Å². The number of hydrogen-bond donors (Lipinski definition) is 1. The van der Waals surface area contributed by atoms with Gasteiger partial charge in [-0.05, 0) is 44.5 Å². The number of nitrogens with zero attached hydrogens (tertiary/aromatic N) is 2. The summed E-state index contributed by atoms with van der Waals surface area (Å²) in [5, 5.41) is 13.6. The van der Waals surface area contributed by atoms with Crippen molar-refractivity contribution in [3.63, 3.8) is 0 Å². The lowest BCUT2D eigenvalue weighted by molar-refractivity contribution is -0.137. The van der Waals surface area contributed by atoms with Gasteiger partial charge in [-0.25, -0.2) is 0 Å². The predicted molar refractivity (Wildman–Crippen MR) is 111 cm³/mol. The number of hydrogen-bond acceptors (Lipinski definition) is 3. The number of allylic oxidation sites excluding steroid dienone is 2. The summed E-state index contributed by atoms with van der Waals surface area (Å²) in [5.41, 5.74) is 2.38. The van der Waals surface area contributed by atoms with Crippen molar-refractivity contribution in [1.82, 2.24) is 9.78 Å². The first-order chi connectivity index (χ1) is 13.9. The maximum absolute atomic E-state index is 14.4. The van der Waals surface area contributed by atoms with Crippen molar-refractivity contribution in [2.24, 2.45) is 0 Å². The van der Waals surface area contributed by atoms with Gasteiger partial charge in [0.25, 0.3) is 0 Å². The number of carboxylic acids is 1. The molecule has 0 unspecified atom stereocenters. The van der Waals surface area contributed by atoms with Crippen molar-refractivity contribution in [3.8, 4) is 5.75 Å². The molecule has 0 radical (unpaired) electrons. The fourth-order valence-corrected chi connectivity index (χ4v) is 3.42.